The fraction of sp³-hybridized carbons (Fsp3) is 0.389. The molecule has 0 unspecified atom stereocenters. The van der Waals surface area contributed by atoms with Crippen molar-refractivity contribution in [2.75, 3.05) is 26.2 Å². The van der Waals surface area contributed by atoms with E-state index in [-0.39, 0.29) is 5.91 Å². The van der Waals surface area contributed by atoms with Crippen LogP contribution in [0.3, 0.4) is 0 Å². The molecule has 1 aromatic carbocycles. The van der Waals surface area contributed by atoms with Crippen LogP contribution in [0.1, 0.15) is 17.7 Å². The third-order valence-corrected chi connectivity index (χ3v) is 5.20. The zero-order valence-electron chi connectivity index (χ0n) is 13.8. The summed E-state index contributed by atoms with van der Waals surface area (Å²) in [5.74, 6) is 0.144. The molecule has 2 aromatic rings. The highest BCUT2D eigenvalue weighted by Crippen LogP contribution is 2.24. The molecule has 1 fully saturated rings. The third kappa shape index (κ3) is 4.00. The van der Waals surface area contributed by atoms with Gasteiger partial charge >= 0.3 is 0 Å². The van der Waals surface area contributed by atoms with Crippen LogP contribution < -0.4 is 0 Å². The van der Waals surface area contributed by atoms with Crippen LogP contribution in [0.15, 0.2) is 29.6 Å². The summed E-state index contributed by atoms with van der Waals surface area (Å²) in [7, 11) is 0. The van der Waals surface area contributed by atoms with Crippen molar-refractivity contribution in [3.05, 3.63) is 40.9 Å². The van der Waals surface area contributed by atoms with E-state index in [1.165, 1.54) is 5.56 Å². The molecule has 1 aliphatic heterocycles. The molecule has 2 amide bonds. The van der Waals surface area contributed by atoms with Crippen LogP contribution in [0.25, 0.3) is 10.6 Å². The summed E-state index contributed by atoms with van der Waals surface area (Å²) in [5, 5.41) is 3.03. The molecule has 0 spiro atoms. The number of piperazine rings is 1. The standard InChI is InChI=1S/C18H21N3O2S/c1-14-2-4-15(5-3-14)18-19-16(12-24-18)6-7-17(23)21-10-8-20(13-22)9-11-21/h2-5,12-13H,6-11H2,1H3. The average Bonchev–Trinajstić information content (AvgIpc) is 3.09. The average molecular weight is 343 g/mol. The van der Waals surface area contributed by atoms with E-state index in [9.17, 15) is 9.59 Å². The topological polar surface area (TPSA) is 53.5 Å². The van der Waals surface area contributed by atoms with Gasteiger partial charge in [-0.05, 0) is 13.3 Å². The predicted molar refractivity (Wildman–Crippen MR) is 94.8 cm³/mol. The summed E-state index contributed by atoms with van der Waals surface area (Å²) in [6, 6.07) is 8.32. The first kappa shape index (κ1) is 16.6. The lowest BCUT2D eigenvalue weighted by Gasteiger charge is -2.32. The van der Waals surface area contributed by atoms with Crippen molar-refractivity contribution in [3.8, 4) is 10.6 Å². The maximum absolute atomic E-state index is 12.3. The van der Waals surface area contributed by atoms with Crippen LogP contribution in [0.4, 0.5) is 0 Å². The largest absolute Gasteiger partial charge is 0.342 e. The Kier molecular flexibility index (Phi) is 5.25. The second-order valence-corrected chi connectivity index (χ2v) is 6.89. The summed E-state index contributed by atoms with van der Waals surface area (Å²) in [5.41, 5.74) is 3.32. The van der Waals surface area contributed by atoms with Gasteiger partial charge in [-0.15, -0.1) is 11.3 Å². The molecule has 5 nitrogen and oxygen atoms in total. The van der Waals surface area contributed by atoms with Crippen molar-refractivity contribution in [1.82, 2.24) is 14.8 Å². The lowest BCUT2D eigenvalue weighted by molar-refractivity contribution is -0.135. The van der Waals surface area contributed by atoms with Gasteiger partial charge in [0.1, 0.15) is 5.01 Å². The summed E-state index contributed by atoms with van der Waals surface area (Å²) < 4.78 is 0. The maximum Gasteiger partial charge on any atom is 0.223 e. The molecule has 0 aliphatic carbocycles. The van der Waals surface area contributed by atoms with Crippen molar-refractivity contribution < 1.29 is 9.59 Å². The quantitative estimate of drug-likeness (QED) is 0.783. The SMILES string of the molecule is Cc1ccc(-c2nc(CCC(=O)N3CCN(C=O)CC3)cs2)cc1. The minimum absolute atomic E-state index is 0.144. The van der Waals surface area contributed by atoms with E-state index in [4.69, 9.17) is 0 Å². The predicted octanol–water partition coefficient (Wildman–Crippen LogP) is 2.35. The number of carbonyl (C=O) groups is 2. The number of hydrogen-bond donors (Lipinski definition) is 0. The summed E-state index contributed by atoms with van der Waals surface area (Å²) >= 11 is 1.62. The first-order valence-corrected chi connectivity index (χ1v) is 9.02. The number of aromatic nitrogens is 1. The zero-order valence-corrected chi connectivity index (χ0v) is 14.6. The molecule has 126 valence electrons. The Balaban J connectivity index is 1.53. The van der Waals surface area contributed by atoms with Gasteiger partial charge in [0, 0.05) is 43.5 Å². The summed E-state index contributed by atoms with van der Waals surface area (Å²) in [6.45, 7) is 4.58. The molecular weight excluding hydrogens is 322 g/mol. The third-order valence-electron chi connectivity index (χ3n) is 4.26. The van der Waals surface area contributed by atoms with Gasteiger partial charge in [-0.25, -0.2) is 4.98 Å². The maximum atomic E-state index is 12.3. The fourth-order valence-electron chi connectivity index (χ4n) is 2.72. The van der Waals surface area contributed by atoms with Gasteiger partial charge in [0.15, 0.2) is 0 Å². The van der Waals surface area contributed by atoms with E-state index in [1.54, 1.807) is 16.2 Å². The second kappa shape index (κ2) is 7.57. The van der Waals surface area contributed by atoms with Crippen LogP contribution in [-0.4, -0.2) is 53.3 Å². The Morgan fingerprint density at radius 3 is 2.58 bits per heavy atom. The Bertz CT molecular complexity index is 703. The molecular formula is C18H21N3O2S. The second-order valence-electron chi connectivity index (χ2n) is 6.03. The highest BCUT2D eigenvalue weighted by molar-refractivity contribution is 7.13. The number of benzene rings is 1. The molecule has 1 aliphatic rings. The number of nitrogens with zero attached hydrogens (tertiary/aromatic N) is 3. The molecule has 0 N–H and O–H groups in total. The van der Waals surface area contributed by atoms with Gasteiger partial charge in [0.05, 0.1) is 5.69 Å². The van der Waals surface area contributed by atoms with Crippen LogP contribution in [0.2, 0.25) is 0 Å². The van der Waals surface area contributed by atoms with Gasteiger partial charge < -0.3 is 9.80 Å². The van der Waals surface area contributed by atoms with Gasteiger partial charge in [-0.2, -0.15) is 0 Å². The molecule has 1 aromatic heterocycles. The summed E-state index contributed by atoms with van der Waals surface area (Å²) in [4.78, 5) is 31.2. The normalized spacial score (nSPS) is 14.7. The Morgan fingerprint density at radius 1 is 1.21 bits per heavy atom. The molecule has 1 saturated heterocycles. The Hall–Kier alpha value is -2.21. The van der Waals surface area contributed by atoms with Crippen LogP contribution in [0, 0.1) is 6.92 Å². The van der Waals surface area contributed by atoms with Crippen molar-refractivity contribution in [2.45, 2.75) is 19.8 Å². The van der Waals surface area contributed by atoms with Crippen LogP contribution in [-0.2, 0) is 16.0 Å². The van der Waals surface area contributed by atoms with Crippen molar-refractivity contribution in [1.29, 1.82) is 0 Å². The molecule has 0 saturated carbocycles. The number of rotatable bonds is 5. The minimum atomic E-state index is 0.144. The van der Waals surface area contributed by atoms with E-state index in [1.807, 2.05) is 10.3 Å². The molecule has 0 radical (unpaired) electrons. The van der Waals surface area contributed by atoms with Crippen molar-refractivity contribution in [3.63, 3.8) is 0 Å². The number of aryl methyl sites for hydroxylation is 2. The van der Waals surface area contributed by atoms with E-state index < -0.39 is 0 Å². The molecule has 0 atom stereocenters. The van der Waals surface area contributed by atoms with E-state index in [0.717, 1.165) is 22.7 Å². The Labute approximate surface area is 145 Å². The molecule has 0 bridgehead atoms. The fourth-order valence-corrected chi connectivity index (χ4v) is 3.58. The number of carbonyl (C=O) groups excluding carboxylic acids is 2. The monoisotopic (exact) mass is 343 g/mol. The lowest BCUT2D eigenvalue weighted by Crippen LogP contribution is -2.48. The van der Waals surface area contributed by atoms with Gasteiger partial charge in [-0.3, -0.25) is 9.59 Å². The number of hydrogen-bond acceptors (Lipinski definition) is 4. The molecule has 24 heavy (non-hydrogen) atoms. The number of amides is 2. The molecule has 3 rings (SSSR count). The van der Waals surface area contributed by atoms with Crippen LogP contribution in [0.5, 0.6) is 0 Å². The molecule has 6 heteroatoms. The zero-order chi connectivity index (χ0) is 16.9. The smallest absolute Gasteiger partial charge is 0.223 e. The van der Waals surface area contributed by atoms with Crippen molar-refractivity contribution in [2.24, 2.45) is 0 Å². The number of thiazole rings is 1. The van der Waals surface area contributed by atoms with E-state index in [2.05, 4.69) is 36.2 Å². The van der Waals surface area contributed by atoms with Gasteiger partial charge in [0.25, 0.3) is 0 Å². The minimum Gasteiger partial charge on any atom is -0.342 e. The first-order chi connectivity index (χ1) is 11.7. The summed E-state index contributed by atoms with van der Waals surface area (Å²) in [6.07, 6.45) is 1.98. The van der Waals surface area contributed by atoms with Crippen LogP contribution >= 0.6 is 11.3 Å². The van der Waals surface area contributed by atoms with Gasteiger partial charge in [-0.1, -0.05) is 29.8 Å². The van der Waals surface area contributed by atoms with Gasteiger partial charge in [0.2, 0.25) is 12.3 Å². The first-order valence-electron chi connectivity index (χ1n) is 8.14. The van der Waals surface area contributed by atoms with E-state index >= 15 is 0 Å². The lowest BCUT2D eigenvalue weighted by atomic mass is 10.1. The van der Waals surface area contributed by atoms with E-state index in [0.29, 0.717) is 39.0 Å². The Morgan fingerprint density at radius 2 is 1.92 bits per heavy atom. The highest BCUT2D eigenvalue weighted by Gasteiger charge is 2.20. The van der Waals surface area contributed by atoms with Crippen molar-refractivity contribution >= 4 is 23.7 Å². The highest BCUT2D eigenvalue weighted by atomic mass is 32.1. The molecule has 2 heterocycles.